The van der Waals surface area contributed by atoms with Crippen molar-refractivity contribution in [1.82, 2.24) is 0 Å². The molecule has 0 aliphatic carbocycles. The van der Waals surface area contributed by atoms with Gasteiger partial charge in [0, 0.05) is 6.61 Å². The zero-order valence-corrected chi connectivity index (χ0v) is 11.6. The molecule has 0 saturated heterocycles. The summed E-state index contributed by atoms with van der Waals surface area (Å²) in [4.78, 5) is 0. The molecule has 0 heterocycles. The molecule has 0 rings (SSSR count). The van der Waals surface area contributed by atoms with Crippen molar-refractivity contribution in [3.63, 3.8) is 0 Å². The van der Waals surface area contributed by atoms with Crippen molar-refractivity contribution in [3.05, 3.63) is 0 Å². The van der Waals surface area contributed by atoms with Crippen LogP contribution in [0, 0.1) is 11.3 Å². The summed E-state index contributed by atoms with van der Waals surface area (Å²) in [5.41, 5.74) is 4.91. The minimum atomic E-state index is -0.699. The van der Waals surface area contributed by atoms with Gasteiger partial charge in [0.25, 0.3) is 0 Å². The van der Waals surface area contributed by atoms with Gasteiger partial charge in [-0.15, -0.1) is 0 Å². The maximum absolute atomic E-state index is 8.72. The molecule has 0 aliphatic rings. The third-order valence-corrected chi connectivity index (χ3v) is 2.25. The number of hydrogen-bond acceptors (Lipinski definition) is 4. The van der Waals surface area contributed by atoms with Crippen molar-refractivity contribution in [1.29, 1.82) is 5.26 Å². The van der Waals surface area contributed by atoms with E-state index < -0.39 is 5.54 Å². The van der Waals surface area contributed by atoms with Crippen molar-refractivity contribution in [2.24, 2.45) is 5.73 Å². The van der Waals surface area contributed by atoms with E-state index >= 15 is 0 Å². The summed E-state index contributed by atoms with van der Waals surface area (Å²) in [7, 11) is 0. The Morgan fingerprint density at radius 2 is 1.71 bits per heavy atom. The Hall–Kier alpha value is -0.630. The van der Waals surface area contributed by atoms with Gasteiger partial charge in [-0.25, -0.2) is 0 Å². The van der Waals surface area contributed by atoms with E-state index in [9.17, 15) is 0 Å². The van der Waals surface area contributed by atoms with Crippen LogP contribution in [0.2, 0.25) is 0 Å². The van der Waals surface area contributed by atoms with E-state index in [0.717, 1.165) is 12.8 Å². The molecule has 0 fully saturated rings. The van der Waals surface area contributed by atoms with Gasteiger partial charge in [0.1, 0.15) is 5.54 Å². The van der Waals surface area contributed by atoms with Gasteiger partial charge >= 0.3 is 0 Å². The Balaban J connectivity index is 3.29. The lowest BCUT2D eigenvalue weighted by Gasteiger charge is -2.19. The molecular weight excluding hydrogens is 216 g/mol. The second-order valence-corrected chi connectivity index (χ2v) is 5.56. The first kappa shape index (κ1) is 16.4. The van der Waals surface area contributed by atoms with Gasteiger partial charge in [0.05, 0.1) is 24.9 Å². The van der Waals surface area contributed by atoms with Crippen LogP contribution in [0.15, 0.2) is 0 Å². The largest absolute Gasteiger partial charge is 0.379 e. The third-order valence-electron chi connectivity index (χ3n) is 2.25. The smallest absolute Gasteiger partial charge is 0.101 e. The molecule has 4 heteroatoms. The molecular formula is C13H26N2O2. The fourth-order valence-electron chi connectivity index (χ4n) is 1.26. The van der Waals surface area contributed by atoms with Gasteiger partial charge in [-0.3, -0.25) is 0 Å². The quantitative estimate of drug-likeness (QED) is 0.663. The van der Waals surface area contributed by atoms with Crippen molar-refractivity contribution in [3.8, 4) is 6.07 Å². The van der Waals surface area contributed by atoms with Crippen LogP contribution in [-0.2, 0) is 9.47 Å². The number of nitrogens with zero attached hydrogens (tertiary/aromatic N) is 1. The Labute approximate surface area is 105 Å². The van der Waals surface area contributed by atoms with Crippen LogP contribution in [0.5, 0.6) is 0 Å². The summed E-state index contributed by atoms with van der Waals surface area (Å²) in [6.45, 7) is 9.77. The number of rotatable bonds is 8. The first-order chi connectivity index (χ1) is 7.77. The van der Waals surface area contributed by atoms with Crippen molar-refractivity contribution in [2.75, 3.05) is 19.8 Å². The van der Waals surface area contributed by atoms with Crippen LogP contribution in [0.4, 0.5) is 0 Å². The molecule has 1 unspecified atom stereocenters. The molecule has 0 spiro atoms. The standard InChI is InChI=1S/C13H26N2O2/c1-12(2,3)17-10-9-16-8-6-5-7-13(4,15)11-14/h5-10,15H2,1-4H3. The summed E-state index contributed by atoms with van der Waals surface area (Å²) in [6.07, 6.45) is 2.57. The monoisotopic (exact) mass is 242 g/mol. The Morgan fingerprint density at radius 3 is 2.24 bits per heavy atom. The molecule has 0 aromatic carbocycles. The van der Waals surface area contributed by atoms with Crippen molar-refractivity contribution >= 4 is 0 Å². The van der Waals surface area contributed by atoms with E-state index in [1.165, 1.54) is 0 Å². The maximum atomic E-state index is 8.72. The predicted octanol–water partition coefficient (Wildman–Crippen LogP) is 2.23. The van der Waals surface area contributed by atoms with Crippen LogP contribution < -0.4 is 5.73 Å². The van der Waals surface area contributed by atoms with E-state index in [0.29, 0.717) is 26.2 Å². The number of hydrogen-bond donors (Lipinski definition) is 1. The first-order valence-corrected chi connectivity index (χ1v) is 6.19. The fourth-order valence-corrected chi connectivity index (χ4v) is 1.26. The Kier molecular flexibility index (Phi) is 7.37. The second-order valence-electron chi connectivity index (χ2n) is 5.56. The SMILES string of the molecule is CC(N)(C#N)CCCCOCCOC(C)(C)C. The van der Waals surface area contributed by atoms with Gasteiger partial charge in [0.2, 0.25) is 0 Å². The van der Waals surface area contributed by atoms with Crippen LogP contribution in [0.3, 0.4) is 0 Å². The highest BCUT2D eigenvalue weighted by Gasteiger charge is 2.15. The van der Waals surface area contributed by atoms with Crippen LogP contribution in [0.1, 0.15) is 47.0 Å². The first-order valence-electron chi connectivity index (χ1n) is 6.19. The van der Waals surface area contributed by atoms with Crippen LogP contribution in [-0.4, -0.2) is 31.0 Å². The molecule has 17 heavy (non-hydrogen) atoms. The minimum absolute atomic E-state index is 0.0997. The minimum Gasteiger partial charge on any atom is -0.379 e. The highest BCUT2D eigenvalue weighted by atomic mass is 16.5. The number of nitrogens with two attached hydrogens (primary N) is 1. The zero-order chi connectivity index (χ0) is 13.4. The molecule has 1 atom stereocenters. The molecule has 0 radical (unpaired) electrons. The topological polar surface area (TPSA) is 68.3 Å². The van der Waals surface area contributed by atoms with Crippen molar-refractivity contribution in [2.45, 2.75) is 58.1 Å². The highest BCUT2D eigenvalue weighted by molar-refractivity contribution is 5.00. The second kappa shape index (κ2) is 7.65. The van der Waals surface area contributed by atoms with E-state index in [2.05, 4.69) is 6.07 Å². The van der Waals surface area contributed by atoms with Crippen LogP contribution in [0.25, 0.3) is 0 Å². The van der Waals surface area contributed by atoms with Crippen molar-refractivity contribution < 1.29 is 9.47 Å². The normalized spacial score (nSPS) is 15.3. The predicted molar refractivity (Wildman–Crippen MR) is 68.6 cm³/mol. The van der Waals surface area contributed by atoms with Gasteiger partial charge in [-0.1, -0.05) is 0 Å². The lowest BCUT2D eigenvalue weighted by Crippen LogP contribution is -2.33. The zero-order valence-electron chi connectivity index (χ0n) is 11.6. The van der Waals surface area contributed by atoms with Gasteiger partial charge in [0.15, 0.2) is 0 Å². The Bertz CT molecular complexity index is 239. The average molecular weight is 242 g/mol. The van der Waals surface area contributed by atoms with Gasteiger partial charge in [-0.05, 0) is 47.0 Å². The lowest BCUT2D eigenvalue weighted by molar-refractivity contribution is -0.0352. The fraction of sp³-hybridized carbons (Fsp3) is 0.923. The summed E-state index contributed by atoms with van der Waals surface area (Å²) in [5.74, 6) is 0. The summed E-state index contributed by atoms with van der Waals surface area (Å²) in [5, 5.41) is 8.72. The molecule has 0 aliphatic heterocycles. The van der Waals surface area contributed by atoms with Gasteiger partial charge in [-0.2, -0.15) is 5.26 Å². The van der Waals surface area contributed by atoms with E-state index in [1.54, 1.807) is 6.92 Å². The van der Waals surface area contributed by atoms with Crippen LogP contribution >= 0.6 is 0 Å². The molecule has 0 saturated carbocycles. The van der Waals surface area contributed by atoms with E-state index in [4.69, 9.17) is 20.5 Å². The van der Waals surface area contributed by atoms with E-state index in [1.807, 2.05) is 20.8 Å². The van der Waals surface area contributed by atoms with Gasteiger partial charge < -0.3 is 15.2 Å². The molecule has 0 amide bonds. The maximum Gasteiger partial charge on any atom is 0.101 e. The number of unbranched alkanes of at least 4 members (excludes halogenated alkanes) is 1. The molecule has 4 nitrogen and oxygen atoms in total. The molecule has 100 valence electrons. The Morgan fingerprint density at radius 1 is 1.06 bits per heavy atom. The highest BCUT2D eigenvalue weighted by Crippen LogP contribution is 2.09. The molecule has 0 bridgehead atoms. The summed E-state index contributed by atoms with van der Waals surface area (Å²) < 4.78 is 10.9. The van der Waals surface area contributed by atoms with E-state index in [-0.39, 0.29) is 5.60 Å². The average Bonchev–Trinajstić information content (AvgIpc) is 2.20. The summed E-state index contributed by atoms with van der Waals surface area (Å²) >= 11 is 0. The molecule has 0 aromatic heterocycles. The lowest BCUT2D eigenvalue weighted by atomic mass is 9.98. The molecule has 0 aromatic rings. The number of ether oxygens (including phenoxy) is 2. The molecule has 2 N–H and O–H groups in total. The summed E-state index contributed by atoms with van der Waals surface area (Å²) in [6, 6.07) is 2.09. The number of nitriles is 1. The third kappa shape index (κ3) is 11.6.